The molecule has 1 N–H and O–H groups in total. The summed E-state index contributed by atoms with van der Waals surface area (Å²) in [6.07, 6.45) is 6.55. The van der Waals surface area contributed by atoms with Crippen LogP contribution in [0.15, 0.2) is 67.1 Å². The van der Waals surface area contributed by atoms with Crippen LogP contribution in [0, 0.1) is 11.7 Å². The quantitative estimate of drug-likeness (QED) is 0.198. The van der Waals surface area contributed by atoms with E-state index in [0.717, 1.165) is 54.2 Å². The van der Waals surface area contributed by atoms with Gasteiger partial charge in [-0.2, -0.15) is 8.78 Å². The zero-order valence-electron chi connectivity index (χ0n) is 31.6. The predicted molar refractivity (Wildman–Crippen MR) is 208 cm³/mol. The number of pyridine rings is 2. The number of carbonyl (C=O) groups excluding carboxylic acids is 4. The molecule has 57 heavy (non-hydrogen) atoms. The van der Waals surface area contributed by atoms with E-state index >= 15 is 4.39 Å². The van der Waals surface area contributed by atoms with Crippen LogP contribution in [0.2, 0.25) is 0 Å². The highest BCUT2D eigenvalue weighted by molar-refractivity contribution is 6.23. The molecule has 0 saturated carbocycles. The first-order chi connectivity index (χ1) is 27.4. The number of benzene rings is 2. The molecule has 0 radical (unpaired) electrons. The molecule has 7 heterocycles. The SMILES string of the molecule is CC(C)(C1CCN(c2ncc(-c3ccc4c5cnccc5n(C(F)F)c4c3)cc2F)CC1)N1CCN(c2ccc3c(c2)C(=O)N(C2CCC(=O)NC2=O)C3=O)CC1. The molecule has 1 atom stereocenters. The number of nitrogens with one attached hydrogen (secondary N) is 1. The molecule has 3 aromatic heterocycles. The van der Waals surface area contributed by atoms with Gasteiger partial charge in [-0.1, -0.05) is 12.1 Å². The molecule has 294 valence electrons. The Hall–Kier alpha value is -5.83. The zero-order chi connectivity index (χ0) is 39.7. The number of nitrogens with zero attached hydrogens (tertiary/aromatic N) is 7. The maximum atomic E-state index is 15.7. The smallest absolute Gasteiger partial charge is 0.319 e. The molecule has 0 bridgehead atoms. The summed E-state index contributed by atoms with van der Waals surface area (Å²) in [5, 5.41) is 3.51. The van der Waals surface area contributed by atoms with Crippen molar-refractivity contribution in [1.29, 1.82) is 0 Å². The van der Waals surface area contributed by atoms with Crippen molar-refractivity contribution < 1.29 is 32.3 Å². The summed E-state index contributed by atoms with van der Waals surface area (Å²) < 4.78 is 45.0. The normalized spacial score (nSPS) is 20.0. The number of halogens is 3. The summed E-state index contributed by atoms with van der Waals surface area (Å²) in [5.41, 5.74) is 3.06. The fraction of sp³-hybridized carbons (Fsp3) is 0.381. The van der Waals surface area contributed by atoms with Gasteiger partial charge in [0.25, 0.3) is 11.8 Å². The first-order valence-corrected chi connectivity index (χ1v) is 19.3. The Bertz CT molecular complexity index is 2470. The van der Waals surface area contributed by atoms with E-state index in [1.54, 1.807) is 48.8 Å². The average Bonchev–Trinajstić information content (AvgIpc) is 3.67. The lowest BCUT2D eigenvalue weighted by Crippen LogP contribution is -2.59. The second-order valence-electron chi connectivity index (χ2n) is 15.9. The first-order valence-electron chi connectivity index (χ1n) is 19.3. The summed E-state index contributed by atoms with van der Waals surface area (Å²) in [7, 11) is 0. The summed E-state index contributed by atoms with van der Waals surface area (Å²) in [6.45, 7) is 6.08. The van der Waals surface area contributed by atoms with Gasteiger partial charge in [0.15, 0.2) is 11.6 Å². The maximum absolute atomic E-state index is 15.7. The van der Waals surface area contributed by atoms with Crippen LogP contribution < -0.4 is 15.1 Å². The molecule has 3 fully saturated rings. The van der Waals surface area contributed by atoms with Gasteiger partial charge in [0.05, 0.1) is 22.2 Å². The first kappa shape index (κ1) is 36.8. The fourth-order valence-electron chi connectivity index (χ4n) is 9.36. The van der Waals surface area contributed by atoms with Gasteiger partial charge in [-0.25, -0.2) is 9.37 Å². The van der Waals surface area contributed by atoms with Gasteiger partial charge in [0.2, 0.25) is 11.8 Å². The average molecular weight is 779 g/mol. The van der Waals surface area contributed by atoms with Crippen molar-refractivity contribution >= 4 is 56.9 Å². The van der Waals surface area contributed by atoms with Gasteiger partial charge in [-0.05, 0) is 81.0 Å². The van der Waals surface area contributed by atoms with E-state index in [0.29, 0.717) is 51.9 Å². The van der Waals surface area contributed by atoms with Crippen LogP contribution in [0.5, 0.6) is 0 Å². The highest BCUT2D eigenvalue weighted by Gasteiger charge is 2.45. The number of amides is 4. The topological polar surface area (TPSA) is 124 Å². The molecule has 4 amide bonds. The summed E-state index contributed by atoms with van der Waals surface area (Å²) in [4.78, 5) is 67.0. The summed E-state index contributed by atoms with van der Waals surface area (Å²) in [5.74, 6) is -1.90. The molecule has 4 aliphatic heterocycles. The molecular formula is C42H41F3N8O4. The van der Waals surface area contributed by atoms with Gasteiger partial charge >= 0.3 is 6.55 Å². The Morgan fingerprint density at radius 2 is 1.53 bits per heavy atom. The van der Waals surface area contributed by atoms with Gasteiger partial charge in [0, 0.05) is 91.8 Å². The van der Waals surface area contributed by atoms with E-state index in [-0.39, 0.29) is 35.3 Å². The number of piperidine rings is 2. The van der Waals surface area contributed by atoms with Crippen molar-refractivity contribution in [3.05, 3.63) is 84.1 Å². The molecule has 2 aromatic carbocycles. The third-order valence-corrected chi connectivity index (χ3v) is 12.6. The summed E-state index contributed by atoms with van der Waals surface area (Å²) in [6, 6.07) is 12.4. The van der Waals surface area contributed by atoms with Crippen LogP contribution in [0.1, 0.15) is 66.8 Å². The van der Waals surface area contributed by atoms with Crippen molar-refractivity contribution in [3.63, 3.8) is 0 Å². The number of carbonyl (C=O) groups is 4. The minimum absolute atomic E-state index is 0.0691. The minimum atomic E-state index is -2.75. The molecule has 15 heteroatoms. The number of rotatable bonds is 7. The molecule has 12 nitrogen and oxygen atoms in total. The zero-order valence-corrected chi connectivity index (χ0v) is 31.6. The monoisotopic (exact) mass is 778 g/mol. The van der Waals surface area contributed by atoms with E-state index < -0.39 is 42.0 Å². The number of hydrogen-bond acceptors (Lipinski definition) is 9. The van der Waals surface area contributed by atoms with E-state index in [9.17, 15) is 28.0 Å². The second kappa shape index (κ2) is 14.0. The summed E-state index contributed by atoms with van der Waals surface area (Å²) >= 11 is 0. The lowest BCUT2D eigenvalue weighted by molar-refractivity contribution is -0.136. The van der Waals surface area contributed by atoms with E-state index in [1.165, 1.54) is 12.3 Å². The van der Waals surface area contributed by atoms with E-state index in [1.807, 2.05) is 11.0 Å². The molecule has 4 aliphatic rings. The molecule has 9 rings (SSSR count). The minimum Gasteiger partial charge on any atom is -0.369 e. The molecule has 0 aliphatic carbocycles. The van der Waals surface area contributed by atoms with E-state index in [4.69, 9.17) is 0 Å². The third kappa shape index (κ3) is 6.19. The predicted octanol–water partition coefficient (Wildman–Crippen LogP) is 6.00. The van der Waals surface area contributed by atoms with Crippen molar-refractivity contribution in [2.24, 2.45) is 5.92 Å². The van der Waals surface area contributed by atoms with E-state index in [2.05, 4.69) is 38.9 Å². The van der Waals surface area contributed by atoms with Crippen LogP contribution in [0.4, 0.5) is 24.7 Å². The lowest BCUT2D eigenvalue weighted by atomic mass is 9.78. The standard InChI is InChI=1S/C42H41F3N8O4/c1-42(2,51-17-15-49(16-18-51)27-4-6-29-30(21-27)40(57)53(39(29)56)34-7-8-36(54)48-38(34)55)26-10-13-50(14-11-26)37-32(43)19-25(22-47-37)24-3-5-28-31-23-46-12-9-33(31)52(41(44)45)35(28)20-24/h3-6,9,12,19-23,26,34,41H,7-8,10-11,13-18H2,1-2H3,(H,48,54,55). The van der Waals surface area contributed by atoms with Crippen LogP contribution in [-0.2, 0) is 9.59 Å². The molecular weight excluding hydrogens is 738 g/mol. The Labute approximate surface area is 326 Å². The van der Waals surface area contributed by atoms with Crippen LogP contribution >= 0.6 is 0 Å². The van der Waals surface area contributed by atoms with Crippen molar-refractivity contribution in [1.82, 2.24) is 29.7 Å². The second-order valence-corrected chi connectivity index (χ2v) is 15.9. The van der Waals surface area contributed by atoms with Crippen LogP contribution in [0.3, 0.4) is 0 Å². The number of hydrogen-bond donors (Lipinski definition) is 1. The number of imide groups is 2. The molecule has 1 unspecified atom stereocenters. The Kier molecular flexibility index (Phi) is 9.02. The Balaban J connectivity index is 0.827. The maximum Gasteiger partial charge on any atom is 0.319 e. The van der Waals surface area contributed by atoms with Gasteiger partial charge in [-0.3, -0.25) is 43.8 Å². The van der Waals surface area contributed by atoms with Crippen molar-refractivity contribution in [2.45, 2.75) is 57.7 Å². The number of piperazine rings is 1. The highest BCUT2D eigenvalue weighted by Crippen LogP contribution is 2.38. The highest BCUT2D eigenvalue weighted by atomic mass is 19.3. The van der Waals surface area contributed by atoms with Crippen LogP contribution in [0.25, 0.3) is 32.9 Å². The number of alkyl halides is 2. The van der Waals surface area contributed by atoms with Crippen molar-refractivity contribution in [3.8, 4) is 11.1 Å². The van der Waals surface area contributed by atoms with Gasteiger partial charge in [-0.15, -0.1) is 0 Å². The van der Waals surface area contributed by atoms with Gasteiger partial charge < -0.3 is 9.80 Å². The fourth-order valence-corrected chi connectivity index (χ4v) is 9.36. The largest absolute Gasteiger partial charge is 0.369 e. The molecule has 3 saturated heterocycles. The number of fused-ring (bicyclic) bond motifs is 4. The van der Waals surface area contributed by atoms with Crippen molar-refractivity contribution in [2.75, 3.05) is 49.1 Å². The Morgan fingerprint density at radius 3 is 2.25 bits per heavy atom. The number of anilines is 2. The lowest BCUT2D eigenvalue weighted by Gasteiger charge is -2.50. The molecule has 5 aromatic rings. The third-order valence-electron chi connectivity index (χ3n) is 12.6. The number of aromatic nitrogens is 3. The van der Waals surface area contributed by atoms with Crippen LogP contribution in [-0.4, -0.2) is 98.8 Å². The Morgan fingerprint density at radius 1 is 0.772 bits per heavy atom. The molecule has 0 spiro atoms. The van der Waals surface area contributed by atoms with Gasteiger partial charge in [0.1, 0.15) is 6.04 Å².